The second-order valence-electron chi connectivity index (χ2n) is 4.90. The SMILES string of the molecule is N#Cc1cccc(C(=O)Nc2nnc(SCc3ccccc3F)s2)c1. The predicted octanol–water partition coefficient (Wildman–Crippen LogP) is 4.09. The highest BCUT2D eigenvalue weighted by Gasteiger charge is 2.12. The molecule has 8 heteroatoms. The molecule has 1 heterocycles. The quantitative estimate of drug-likeness (QED) is 0.540. The molecule has 0 saturated carbocycles. The molecule has 3 rings (SSSR count). The minimum Gasteiger partial charge on any atom is -0.296 e. The van der Waals surface area contributed by atoms with Gasteiger partial charge in [-0.3, -0.25) is 10.1 Å². The Kier molecular flexibility index (Phi) is 5.38. The largest absolute Gasteiger partial charge is 0.296 e. The third-order valence-electron chi connectivity index (χ3n) is 3.19. The second kappa shape index (κ2) is 7.88. The number of halogens is 1. The van der Waals surface area contributed by atoms with Gasteiger partial charge in [0, 0.05) is 11.3 Å². The van der Waals surface area contributed by atoms with Crippen molar-refractivity contribution >= 4 is 34.1 Å². The van der Waals surface area contributed by atoms with Crippen LogP contribution in [0, 0.1) is 17.1 Å². The van der Waals surface area contributed by atoms with Gasteiger partial charge in [0.1, 0.15) is 5.82 Å². The molecule has 1 N–H and O–H groups in total. The molecule has 0 aliphatic carbocycles. The zero-order valence-corrected chi connectivity index (χ0v) is 14.4. The Bertz CT molecular complexity index is 952. The number of hydrogen-bond donors (Lipinski definition) is 1. The van der Waals surface area contributed by atoms with E-state index in [4.69, 9.17) is 5.26 Å². The van der Waals surface area contributed by atoms with Gasteiger partial charge in [-0.1, -0.05) is 47.4 Å². The van der Waals surface area contributed by atoms with E-state index in [2.05, 4.69) is 15.5 Å². The van der Waals surface area contributed by atoms with Crippen molar-refractivity contribution in [2.75, 3.05) is 5.32 Å². The van der Waals surface area contributed by atoms with Crippen LogP contribution < -0.4 is 5.32 Å². The average Bonchev–Trinajstić information content (AvgIpc) is 3.08. The number of amides is 1. The van der Waals surface area contributed by atoms with Crippen LogP contribution in [0.25, 0.3) is 0 Å². The Labute approximate surface area is 151 Å². The van der Waals surface area contributed by atoms with Crippen molar-refractivity contribution in [1.82, 2.24) is 10.2 Å². The summed E-state index contributed by atoms with van der Waals surface area (Å²) in [7, 11) is 0. The molecule has 0 radical (unpaired) electrons. The number of hydrogen-bond acceptors (Lipinski definition) is 6. The van der Waals surface area contributed by atoms with E-state index in [0.29, 0.717) is 31.9 Å². The van der Waals surface area contributed by atoms with Crippen molar-refractivity contribution in [3.63, 3.8) is 0 Å². The van der Waals surface area contributed by atoms with Gasteiger partial charge in [0.25, 0.3) is 5.91 Å². The Hall–Kier alpha value is -2.76. The smallest absolute Gasteiger partial charge is 0.257 e. The molecule has 0 atom stereocenters. The van der Waals surface area contributed by atoms with Gasteiger partial charge in [-0.05, 0) is 29.8 Å². The summed E-state index contributed by atoms with van der Waals surface area (Å²) in [6, 6.07) is 14.9. The molecule has 2 aromatic carbocycles. The Morgan fingerprint density at radius 3 is 2.88 bits per heavy atom. The van der Waals surface area contributed by atoms with Crippen LogP contribution in [-0.4, -0.2) is 16.1 Å². The van der Waals surface area contributed by atoms with Gasteiger partial charge < -0.3 is 0 Å². The summed E-state index contributed by atoms with van der Waals surface area (Å²) in [5.41, 5.74) is 1.36. The molecule has 0 spiro atoms. The maximum atomic E-state index is 13.6. The topological polar surface area (TPSA) is 78.7 Å². The van der Waals surface area contributed by atoms with E-state index < -0.39 is 0 Å². The van der Waals surface area contributed by atoms with E-state index in [0.717, 1.165) is 0 Å². The number of rotatable bonds is 5. The fraction of sp³-hybridized carbons (Fsp3) is 0.0588. The number of nitriles is 1. The maximum Gasteiger partial charge on any atom is 0.257 e. The lowest BCUT2D eigenvalue weighted by Gasteiger charge is -2.01. The highest BCUT2D eigenvalue weighted by molar-refractivity contribution is 8.00. The van der Waals surface area contributed by atoms with Crippen LogP contribution in [0.1, 0.15) is 21.5 Å². The molecule has 25 heavy (non-hydrogen) atoms. The molecule has 3 aromatic rings. The number of thioether (sulfide) groups is 1. The third-order valence-corrected chi connectivity index (χ3v) is 5.21. The van der Waals surface area contributed by atoms with E-state index in [1.165, 1.54) is 35.2 Å². The lowest BCUT2D eigenvalue weighted by atomic mass is 10.1. The molecule has 0 bridgehead atoms. The summed E-state index contributed by atoms with van der Waals surface area (Å²) in [6.07, 6.45) is 0. The standard InChI is InChI=1S/C17H11FN4OS2/c18-14-7-2-1-5-13(14)10-24-17-22-21-16(25-17)20-15(23)12-6-3-4-11(8-12)9-19/h1-8H,10H2,(H,20,21,23). The van der Waals surface area contributed by atoms with E-state index in [1.807, 2.05) is 6.07 Å². The first-order valence-corrected chi connectivity index (χ1v) is 8.97. The summed E-state index contributed by atoms with van der Waals surface area (Å²) in [5.74, 6) is -0.191. The third kappa shape index (κ3) is 4.41. The van der Waals surface area contributed by atoms with Crippen molar-refractivity contribution in [2.24, 2.45) is 0 Å². The summed E-state index contributed by atoms with van der Waals surface area (Å²) >= 11 is 2.56. The summed E-state index contributed by atoms with van der Waals surface area (Å²) in [4.78, 5) is 12.2. The van der Waals surface area contributed by atoms with Gasteiger partial charge in [-0.2, -0.15) is 5.26 Å². The molecule has 0 aliphatic heterocycles. The molecule has 5 nitrogen and oxygen atoms in total. The number of aromatic nitrogens is 2. The zero-order chi connectivity index (χ0) is 17.6. The lowest BCUT2D eigenvalue weighted by molar-refractivity contribution is 0.102. The number of carbonyl (C=O) groups is 1. The summed E-state index contributed by atoms with van der Waals surface area (Å²) in [6.45, 7) is 0. The maximum absolute atomic E-state index is 13.6. The van der Waals surface area contributed by atoms with Crippen molar-refractivity contribution < 1.29 is 9.18 Å². The van der Waals surface area contributed by atoms with Crippen molar-refractivity contribution in [3.8, 4) is 6.07 Å². The normalized spacial score (nSPS) is 10.2. The first-order valence-electron chi connectivity index (χ1n) is 7.17. The van der Waals surface area contributed by atoms with Gasteiger partial charge in [-0.25, -0.2) is 4.39 Å². The fourth-order valence-corrected chi connectivity index (χ4v) is 3.71. The van der Waals surface area contributed by atoms with Crippen LogP contribution in [0.5, 0.6) is 0 Å². The molecular weight excluding hydrogens is 359 g/mol. The van der Waals surface area contributed by atoms with Crippen LogP contribution in [0.15, 0.2) is 52.9 Å². The van der Waals surface area contributed by atoms with Gasteiger partial charge in [-0.15, -0.1) is 10.2 Å². The van der Waals surface area contributed by atoms with Crippen molar-refractivity contribution in [1.29, 1.82) is 5.26 Å². The average molecular weight is 370 g/mol. The molecule has 0 saturated heterocycles. The number of anilines is 1. The molecule has 1 aromatic heterocycles. The first-order chi connectivity index (χ1) is 12.2. The first kappa shape index (κ1) is 17.1. The van der Waals surface area contributed by atoms with Gasteiger partial charge >= 0.3 is 0 Å². The van der Waals surface area contributed by atoms with Crippen molar-refractivity contribution in [2.45, 2.75) is 10.1 Å². The highest BCUT2D eigenvalue weighted by atomic mass is 32.2. The second-order valence-corrected chi connectivity index (χ2v) is 7.10. The number of nitrogens with one attached hydrogen (secondary N) is 1. The highest BCUT2D eigenvalue weighted by Crippen LogP contribution is 2.29. The van der Waals surface area contributed by atoms with Gasteiger partial charge in [0.2, 0.25) is 5.13 Å². The lowest BCUT2D eigenvalue weighted by Crippen LogP contribution is -2.11. The van der Waals surface area contributed by atoms with E-state index >= 15 is 0 Å². The fourth-order valence-electron chi connectivity index (χ4n) is 1.97. The Morgan fingerprint density at radius 2 is 2.08 bits per heavy atom. The number of carbonyl (C=O) groups excluding carboxylic acids is 1. The Morgan fingerprint density at radius 1 is 1.24 bits per heavy atom. The molecule has 0 fully saturated rings. The monoisotopic (exact) mass is 370 g/mol. The molecule has 0 unspecified atom stereocenters. The van der Waals surface area contributed by atoms with Crippen LogP contribution in [-0.2, 0) is 5.75 Å². The molecular formula is C17H11FN4OS2. The van der Waals surface area contributed by atoms with E-state index in [1.54, 1.807) is 36.4 Å². The minimum atomic E-state index is -0.362. The van der Waals surface area contributed by atoms with Crippen LogP contribution in [0.2, 0.25) is 0 Å². The minimum absolute atomic E-state index is 0.259. The number of benzene rings is 2. The van der Waals surface area contributed by atoms with E-state index in [-0.39, 0.29) is 11.7 Å². The molecule has 0 aliphatic rings. The van der Waals surface area contributed by atoms with Crippen LogP contribution >= 0.6 is 23.1 Å². The van der Waals surface area contributed by atoms with Crippen molar-refractivity contribution in [3.05, 3.63) is 71.0 Å². The molecule has 1 amide bonds. The predicted molar refractivity (Wildman–Crippen MR) is 95.0 cm³/mol. The van der Waals surface area contributed by atoms with E-state index in [9.17, 15) is 9.18 Å². The van der Waals surface area contributed by atoms with Crippen LogP contribution in [0.4, 0.5) is 9.52 Å². The van der Waals surface area contributed by atoms with Gasteiger partial charge in [0.05, 0.1) is 11.6 Å². The zero-order valence-electron chi connectivity index (χ0n) is 12.8. The number of nitrogens with zero attached hydrogens (tertiary/aromatic N) is 3. The summed E-state index contributed by atoms with van der Waals surface area (Å²) in [5, 5.41) is 19.8. The van der Waals surface area contributed by atoms with Gasteiger partial charge in [0.15, 0.2) is 4.34 Å². The van der Waals surface area contributed by atoms with Crippen LogP contribution in [0.3, 0.4) is 0 Å². The summed E-state index contributed by atoms with van der Waals surface area (Å²) < 4.78 is 14.2. The Balaban J connectivity index is 1.62. The molecule has 124 valence electrons.